The molecule has 3 heterocycles. The molecule has 0 aromatic heterocycles. The Bertz CT molecular complexity index is 2000. The molecular formula is C45H76NaO22S2+. The molecule has 0 aromatic rings. The van der Waals surface area contributed by atoms with Crippen molar-refractivity contribution in [3.05, 3.63) is 11.6 Å². The van der Waals surface area contributed by atoms with E-state index in [-0.39, 0.29) is 71.0 Å². The summed E-state index contributed by atoms with van der Waals surface area (Å²) in [7, 11) is -8.19. The molecule has 9 N–H and O–H groups in total. The topological polar surface area (TPSA) is 333 Å². The summed E-state index contributed by atoms with van der Waals surface area (Å²) in [6.07, 6.45) is -16.1. The van der Waals surface area contributed by atoms with Gasteiger partial charge in [0, 0.05) is 7.11 Å². The Balaban J connectivity index is 0.00000804. The summed E-state index contributed by atoms with van der Waals surface area (Å²) in [5.41, 5.74) is 0.464. The van der Waals surface area contributed by atoms with E-state index < -0.39 is 150 Å². The van der Waals surface area contributed by atoms with E-state index >= 15 is 0 Å². The van der Waals surface area contributed by atoms with E-state index in [0.29, 0.717) is 32.1 Å². The van der Waals surface area contributed by atoms with Crippen molar-refractivity contribution in [2.24, 2.45) is 46.3 Å². The predicted molar refractivity (Wildman–Crippen MR) is 238 cm³/mol. The summed E-state index contributed by atoms with van der Waals surface area (Å²) < 4.78 is 119. The van der Waals surface area contributed by atoms with Gasteiger partial charge in [-0.3, -0.25) is 9.11 Å². The second-order valence-electron chi connectivity index (χ2n) is 21.5. The number of aliphatic hydroxyl groups is 7. The minimum Gasteiger partial charge on any atom is -0.394 e. The van der Waals surface area contributed by atoms with Gasteiger partial charge in [0.1, 0.15) is 61.0 Å². The molecule has 3 saturated heterocycles. The first-order chi connectivity index (χ1) is 32.2. The number of hydrogen-bond donors (Lipinski definition) is 9. The third-order valence-corrected chi connectivity index (χ3v) is 18.1. The Morgan fingerprint density at radius 3 is 2.06 bits per heavy atom. The number of methoxy groups -OCH3 is 1. The molecule has 3 unspecified atom stereocenters. The van der Waals surface area contributed by atoms with Crippen LogP contribution in [0.2, 0.25) is 0 Å². The van der Waals surface area contributed by atoms with E-state index in [2.05, 4.69) is 26.8 Å². The zero-order valence-corrected chi connectivity index (χ0v) is 44.9. The quantitative estimate of drug-likeness (QED) is 0.0423. The first-order valence-corrected chi connectivity index (χ1v) is 27.1. The van der Waals surface area contributed by atoms with Crippen LogP contribution in [0, 0.1) is 46.3 Å². The average Bonchev–Trinajstić information content (AvgIpc) is 3.63. The fourth-order valence-corrected chi connectivity index (χ4v) is 14.5. The first-order valence-electron chi connectivity index (χ1n) is 24.3. The van der Waals surface area contributed by atoms with Gasteiger partial charge in [-0.15, -0.1) is 0 Å². The molecule has 400 valence electrons. The standard InChI is InChI=1S/C45H76O22S2.Na/c1-20(2)30(67-69(56,57)58)11-8-21(3)25-9-10-26-24-17-31(28-16-23(66-68(53,54)55)12-14-45(28,6)27(24)13-15-44(25,26)5)62-42-37(52)39(35(50)32(18-46)63-42)64-43-40(34(49)29(47)19-60-43)65-41-36(51)38(59-7)33(48)22(4)61-41;/h13,20-26,28-43,46-52H,8-12,14-19H2,1-7H3,(H,53,54,55)(H,56,57,58);/q;+1/t21-,22-,23+,24?,25-,26?,28?,29-,30+,31+,32-,33+,34+,35-,36-,37-,38+,39+,40-,41-,42-,43+,44-,45-;/m1./s1. The van der Waals surface area contributed by atoms with Gasteiger partial charge in [-0.2, -0.15) is 16.8 Å². The Morgan fingerprint density at radius 2 is 1.43 bits per heavy atom. The molecule has 22 nitrogen and oxygen atoms in total. The number of rotatable bonds is 17. The zero-order chi connectivity index (χ0) is 50.7. The maximum Gasteiger partial charge on any atom is 1.00 e. The van der Waals surface area contributed by atoms with Gasteiger partial charge in [0.2, 0.25) is 0 Å². The van der Waals surface area contributed by atoms with Crippen molar-refractivity contribution in [1.29, 1.82) is 0 Å². The van der Waals surface area contributed by atoms with Crippen LogP contribution in [-0.2, 0) is 62.3 Å². The molecule has 0 aromatic carbocycles. The molecule has 0 bridgehead atoms. The summed E-state index contributed by atoms with van der Waals surface area (Å²) in [5, 5.41) is 77.5. The fraction of sp³-hybridized carbons (Fsp3) is 0.956. The van der Waals surface area contributed by atoms with Gasteiger partial charge in [0.05, 0.1) is 37.6 Å². The van der Waals surface area contributed by atoms with Crippen LogP contribution in [0.25, 0.3) is 0 Å². The number of ether oxygens (including phenoxy) is 7. The predicted octanol–water partition coefficient (Wildman–Crippen LogP) is -2.22. The first kappa shape index (κ1) is 59.2. The minimum absolute atomic E-state index is 0. The van der Waals surface area contributed by atoms with Gasteiger partial charge in [0.25, 0.3) is 0 Å². The molecule has 7 aliphatic rings. The van der Waals surface area contributed by atoms with Crippen molar-refractivity contribution >= 4 is 20.8 Å². The van der Waals surface area contributed by atoms with Crippen LogP contribution < -0.4 is 29.6 Å². The molecule has 4 aliphatic carbocycles. The van der Waals surface area contributed by atoms with Crippen molar-refractivity contribution in [2.45, 2.75) is 204 Å². The van der Waals surface area contributed by atoms with Crippen molar-refractivity contribution in [3.8, 4) is 0 Å². The van der Waals surface area contributed by atoms with Crippen LogP contribution in [0.3, 0.4) is 0 Å². The molecule has 0 radical (unpaired) electrons. The van der Waals surface area contributed by atoms with Crippen molar-refractivity contribution in [2.75, 3.05) is 20.3 Å². The van der Waals surface area contributed by atoms with Gasteiger partial charge in [0.15, 0.2) is 18.9 Å². The average molecular weight is 1060 g/mol. The largest absolute Gasteiger partial charge is 1.00 e. The van der Waals surface area contributed by atoms with Crippen LogP contribution in [0.15, 0.2) is 11.6 Å². The maximum absolute atomic E-state index is 12.1. The van der Waals surface area contributed by atoms with Gasteiger partial charge in [-0.1, -0.05) is 46.3 Å². The van der Waals surface area contributed by atoms with Crippen molar-refractivity contribution in [1.82, 2.24) is 0 Å². The molecule has 70 heavy (non-hydrogen) atoms. The van der Waals surface area contributed by atoms with E-state index in [1.165, 1.54) is 19.6 Å². The van der Waals surface area contributed by atoms with Gasteiger partial charge in [-0.25, -0.2) is 8.37 Å². The van der Waals surface area contributed by atoms with Gasteiger partial charge in [-0.05, 0) is 111 Å². The van der Waals surface area contributed by atoms with E-state index in [1.54, 1.807) is 0 Å². The molecule has 0 amide bonds. The Morgan fingerprint density at radius 1 is 0.771 bits per heavy atom. The summed E-state index contributed by atoms with van der Waals surface area (Å²) >= 11 is 0. The number of hydrogen-bond acceptors (Lipinski definition) is 20. The van der Waals surface area contributed by atoms with E-state index in [0.717, 1.165) is 19.3 Å². The Hall–Kier alpha value is -0.0800. The minimum atomic E-state index is -4.83. The SMILES string of the molecule is CO[C@H]1[C@@H](O)[C@@H](C)O[C@H](O[C@H]2[C@H](O[C@@H]3[C@@H](O)[C@H](O[C@H]4CC5C(=CC[C@@]6(C)C5CC[C@@H]6[C@H](C)CC[C@H](OS(=O)(=O)O)C(C)C)[C@@]5(C)CC[C@H](OS(=O)(=O)O)CC45)O[C@H](CO)[C@H]3O)OC[C@@H](O)[C@@H]2O)[C@@H]1O.[Na+]. The summed E-state index contributed by atoms with van der Waals surface area (Å²) in [6.45, 7) is 10.5. The molecular weight excluding hydrogens is 980 g/mol. The summed E-state index contributed by atoms with van der Waals surface area (Å²) in [4.78, 5) is 0. The second-order valence-corrected chi connectivity index (χ2v) is 23.6. The van der Waals surface area contributed by atoms with Gasteiger partial charge >= 0.3 is 50.4 Å². The van der Waals surface area contributed by atoms with Crippen molar-refractivity contribution < 1.29 is 133 Å². The van der Waals surface area contributed by atoms with Crippen LogP contribution >= 0.6 is 0 Å². The molecule has 6 fully saturated rings. The molecule has 24 atom stereocenters. The fourth-order valence-electron chi connectivity index (χ4n) is 13.4. The Kier molecular flexibility index (Phi) is 19.7. The third-order valence-electron chi connectivity index (χ3n) is 17.1. The van der Waals surface area contributed by atoms with Crippen LogP contribution in [0.4, 0.5) is 0 Å². The van der Waals surface area contributed by atoms with Crippen molar-refractivity contribution in [3.63, 3.8) is 0 Å². The van der Waals surface area contributed by atoms with Crippen LogP contribution in [-0.4, -0.2) is 186 Å². The molecule has 3 saturated carbocycles. The summed E-state index contributed by atoms with van der Waals surface area (Å²) in [5.74, 6) is -0.0633. The molecule has 7 rings (SSSR count). The zero-order valence-electron chi connectivity index (χ0n) is 41.3. The summed E-state index contributed by atoms with van der Waals surface area (Å²) in [6, 6.07) is 0. The molecule has 3 aliphatic heterocycles. The van der Waals surface area contributed by atoms with Gasteiger partial charge < -0.3 is 68.9 Å². The smallest absolute Gasteiger partial charge is 0.394 e. The molecule has 0 spiro atoms. The monoisotopic (exact) mass is 1060 g/mol. The molecule has 25 heteroatoms. The Labute approximate surface area is 433 Å². The van der Waals surface area contributed by atoms with E-state index in [4.69, 9.17) is 41.5 Å². The normalized spacial score (nSPS) is 46.5. The van der Waals surface area contributed by atoms with Crippen LogP contribution in [0.5, 0.6) is 0 Å². The van der Waals surface area contributed by atoms with E-state index in [9.17, 15) is 61.7 Å². The third kappa shape index (κ3) is 12.4. The maximum atomic E-state index is 12.1. The van der Waals surface area contributed by atoms with E-state index in [1.807, 2.05) is 13.8 Å². The second kappa shape index (κ2) is 23.3. The van der Waals surface area contributed by atoms with Crippen LogP contribution in [0.1, 0.15) is 99.3 Å². The number of allylic oxidation sites excluding steroid dienone is 2. The number of aliphatic hydroxyl groups excluding tert-OH is 7. The number of fused-ring (bicyclic) bond motifs is 5.